The van der Waals surface area contributed by atoms with Gasteiger partial charge in [0.1, 0.15) is 0 Å². The van der Waals surface area contributed by atoms with Gasteiger partial charge in [0.25, 0.3) is 11.2 Å². The molecule has 1 saturated heterocycles. The summed E-state index contributed by atoms with van der Waals surface area (Å²) in [6.45, 7) is 4.37. The number of ketones is 1. The Hall–Kier alpha value is -3.36. The molecule has 2 heterocycles. The monoisotopic (exact) mass is 419 g/mol. The van der Waals surface area contributed by atoms with Gasteiger partial charge < -0.3 is 9.30 Å². The molecule has 1 fully saturated rings. The van der Waals surface area contributed by atoms with Crippen molar-refractivity contribution in [3.05, 3.63) is 74.1 Å². The van der Waals surface area contributed by atoms with Crippen LogP contribution in [0.5, 0.6) is 0 Å². The van der Waals surface area contributed by atoms with Gasteiger partial charge in [-0.15, -0.1) is 0 Å². The second-order valence-corrected chi connectivity index (χ2v) is 7.85. The van der Waals surface area contributed by atoms with Gasteiger partial charge >= 0.3 is 0 Å². The fourth-order valence-corrected chi connectivity index (χ4v) is 4.57. The maximum Gasteiger partial charge on any atom is 0.270 e. The number of nitro benzene ring substituents is 1. The highest BCUT2D eigenvalue weighted by Crippen LogP contribution is 2.39. The summed E-state index contributed by atoms with van der Waals surface area (Å²) in [5, 5.41) is 12.0. The molecule has 0 N–H and O–H groups in total. The lowest BCUT2D eigenvalue weighted by molar-refractivity contribution is -0.384. The number of fused-ring (bicyclic) bond motifs is 5. The number of carbonyl (C=O) groups excluding carboxylic acids is 1. The molecule has 2 aliphatic rings. The summed E-state index contributed by atoms with van der Waals surface area (Å²) >= 11 is 0. The van der Waals surface area contributed by atoms with Gasteiger partial charge in [-0.1, -0.05) is 24.3 Å². The third-order valence-electron chi connectivity index (χ3n) is 6.08. The van der Waals surface area contributed by atoms with Crippen LogP contribution in [0.15, 0.2) is 47.3 Å². The molecule has 3 aromatic rings. The Bertz CT molecular complexity index is 1270. The summed E-state index contributed by atoms with van der Waals surface area (Å²) < 4.78 is 7.01. The van der Waals surface area contributed by atoms with Crippen molar-refractivity contribution in [2.24, 2.45) is 0 Å². The highest BCUT2D eigenvalue weighted by atomic mass is 16.6. The van der Waals surface area contributed by atoms with Crippen LogP contribution in [-0.2, 0) is 11.3 Å². The van der Waals surface area contributed by atoms with E-state index in [9.17, 15) is 19.7 Å². The first-order valence-corrected chi connectivity index (χ1v) is 10.4. The van der Waals surface area contributed by atoms with Crippen molar-refractivity contribution in [3.8, 4) is 11.3 Å². The van der Waals surface area contributed by atoms with Crippen molar-refractivity contribution >= 4 is 22.2 Å². The summed E-state index contributed by atoms with van der Waals surface area (Å²) in [7, 11) is 0. The molecule has 0 amide bonds. The summed E-state index contributed by atoms with van der Waals surface area (Å²) in [6.07, 6.45) is 0.725. The van der Waals surface area contributed by atoms with Crippen molar-refractivity contribution in [2.75, 3.05) is 32.8 Å². The molecule has 0 spiro atoms. The Morgan fingerprint density at radius 2 is 1.71 bits per heavy atom. The van der Waals surface area contributed by atoms with Gasteiger partial charge in [-0.3, -0.25) is 24.6 Å². The predicted molar refractivity (Wildman–Crippen MR) is 116 cm³/mol. The number of morpholine rings is 1. The molecule has 0 atom stereocenters. The minimum atomic E-state index is -0.522. The van der Waals surface area contributed by atoms with Crippen LogP contribution in [-0.4, -0.2) is 53.0 Å². The first-order chi connectivity index (χ1) is 15.1. The number of nitrogens with zero attached hydrogens (tertiary/aromatic N) is 3. The van der Waals surface area contributed by atoms with Crippen LogP contribution in [0.3, 0.4) is 0 Å². The van der Waals surface area contributed by atoms with Gasteiger partial charge in [-0.05, 0) is 12.5 Å². The van der Waals surface area contributed by atoms with Gasteiger partial charge in [-0.25, -0.2) is 0 Å². The molecule has 0 bridgehead atoms. The zero-order valence-corrected chi connectivity index (χ0v) is 16.9. The molecule has 1 aliphatic carbocycles. The third kappa shape index (κ3) is 3.24. The predicted octanol–water partition coefficient (Wildman–Crippen LogP) is 2.84. The Morgan fingerprint density at radius 1 is 0.968 bits per heavy atom. The molecular formula is C23H21N3O5. The maximum absolute atomic E-state index is 13.5. The molecule has 0 unspecified atom stereocenters. The number of aromatic nitrogens is 1. The van der Waals surface area contributed by atoms with Crippen molar-refractivity contribution in [2.45, 2.75) is 13.0 Å². The normalized spacial score (nSPS) is 15.8. The molecule has 1 aromatic heterocycles. The minimum absolute atomic E-state index is 0.147. The van der Waals surface area contributed by atoms with E-state index in [4.69, 9.17) is 4.74 Å². The minimum Gasteiger partial charge on any atom is -0.379 e. The number of pyridine rings is 1. The largest absolute Gasteiger partial charge is 0.379 e. The smallest absolute Gasteiger partial charge is 0.270 e. The number of non-ortho nitro benzene ring substituents is 1. The maximum atomic E-state index is 13.5. The van der Waals surface area contributed by atoms with Crippen molar-refractivity contribution in [3.63, 3.8) is 0 Å². The first-order valence-electron chi connectivity index (χ1n) is 10.4. The van der Waals surface area contributed by atoms with Crippen LogP contribution in [0.1, 0.15) is 22.3 Å². The van der Waals surface area contributed by atoms with Crippen molar-refractivity contribution in [1.29, 1.82) is 0 Å². The highest BCUT2D eigenvalue weighted by Gasteiger charge is 2.32. The van der Waals surface area contributed by atoms with Crippen LogP contribution >= 0.6 is 0 Å². The lowest BCUT2D eigenvalue weighted by Crippen LogP contribution is -2.37. The third-order valence-corrected chi connectivity index (χ3v) is 6.08. The Labute approximate surface area is 177 Å². The molecule has 31 heavy (non-hydrogen) atoms. The first kappa shape index (κ1) is 19.6. The van der Waals surface area contributed by atoms with E-state index in [1.54, 1.807) is 16.7 Å². The van der Waals surface area contributed by atoms with Crippen LogP contribution < -0.4 is 5.56 Å². The zero-order valence-electron chi connectivity index (χ0n) is 16.9. The number of hydrogen-bond acceptors (Lipinski definition) is 6. The van der Waals surface area contributed by atoms with Gasteiger partial charge in [-0.2, -0.15) is 0 Å². The van der Waals surface area contributed by atoms with Crippen molar-refractivity contribution in [1.82, 2.24) is 9.47 Å². The van der Waals surface area contributed by atoms with Crippen LogP contribution in [0.2, 0.25) is 0 Å². The standard InChI is InChI=1S/C23H21N3O5/c27-22-18-5-2-1-4-17(18)21-20(22)16-7-6-15(26(29)30)14-19(16)23(28)25(21)9-3-8-24-10-12-31-13-11-24/h1-2,4-7,14H,3,8-13H2. The van der Waals surface area contributed by atoms with E-state index in [-0.39, 0.29) is 22.4 Å². The summed E-state index contributed by atoms with van der Waals surface area (Å²) in [5.41, 5.74) is 1.92. The molecule has 5 rings (SSSR count). The van der Waals surface area contributed by atoms with E-state index in [1.165, 1.54) is 18.2 Å². The fraction of sp³-hybridized carbons (Fsp3) is 0.304. The molecule has 0 saturated carbocycles. The van der Waals surface area contributed by atoms with Crippen LogP contribution in [0, 0.1) is 10.1 Å². The second kappa shape index (κ2) is 7.72. The molecule has 1 aliphatic heterocycles. The Balaban J connectivity index is 1.64. The quantitative estimate of drug-likeness (QED) is 0.365. The van der Waals surface area contributed by atoms with Gasteiger partial charge in [0, 0.05) is 54.8 Å². The zero-order chi connectivity index (χ0) is 21.5. The Kier molecular flexibility index (Phi) is 4.88. The lowest BCUT2D eigenvalue weighted by Gasteiger charge is -2.26. The SMILES string of the molecule is O=C1c2ccccc2-c2c1c1ccc([N+](=O)[O-])cc1c(=O)n2CCCN1CCOCC1. The van der Waals surface area contributed by atoms with E-state index >= 15 is 0 Å². The fourth-order valence-electron chi connectivity index (χ4n) is 4.57. The molecule has 158 valence electrons. The second-order valence-electron chi connectivity index (χ2n) is 7.85. The van der Waals surface area contributed by atoms with Crippen molar-refractivity contribution < 1.29 is 14.5 Å². The van der Waals surface area contributed by atoms with E-state index in [1.807, 2.05) is 12.1 Å². The van der Waals surface area contributed by atoms with E-state index in [0.29, 0.717) is 42.0 Å². The molecule has 2 aromatic carbocycles. The average molecular weight is 419 g/mol. The van der Waals surface area contributed by atoms with Crippen LogP contribution in [0.25, 0.3) is 22.0 Å². The summed E-state index contributed by atoms with van der Waals surface area (Å²) in [4.78, 5) is 39.7. The van der Waals surface area contributed by atoms with E-state index in [0.717, 1.165) is 31.6 Å². The summed E-state index contributed by atoms with van der Waals surface area (Å²) in [6, 6.07) is 11.4. The van der Waals surface area contributed by atoms with E-state index < -0.39 is 4.92 Å². The molecule has 0 radical (unpaired) electrons. The van der Waals surface area contributed by atoms with E-state index in [2.05, 4.69) is 4.90 Å². The molecular weight excluding hydrogens is 398 g/mol. The number of ether oxygens (including phenoxy) is 1. The number of rotatable bonds is 5. The van der Waals surface area contributed by atoms with Gasteiger partial charge in [0.05, 0.1) is 34.8 Å². The van der Waals surface area contributed by atoms with Gasteiger partial charge in [0.2, 0.25) is 0 Å². The topological polar surface area (TPSA) is 94.7 Å². The number of carbonyl (C=O) groups is 1. The molecule has 8 nitrogen and oxygen atoms in total. The number of nitro groups is 1. The lowest BCUT2D eigenvalue weighted by atomic mass is 10.0. The Morgan fingerprint density at radius 3 is 2.45 bits per heavy atom. The van der Waals surface area contributed by atoms with Crippen LogP contribution in [0.4, 0.5) is 5.69 Å². The number of hydrogen-bond donors (Lipinski definition) is 0. The number of benzene rings is 2. The summed E-state index contributed by atoms with van der Waals surface area (Å²) in [5.74, 6) is -0.147. The van der Waals surface area contributed by atoms with Gasteiger partial charge in [0.15, 0.2) is 5.78 Å². The molecule has 8 heteroatoms. The highest BCUT2D eigenvalue weighted by molar-refractivity contribution is 6.26. The average Bonchev–Trinajstić information content (AvgIpc) is 3.09.